The molecule has 1 saturated heterocycles. The van der Waals surface area contributed by atoms with Gasteiger partial charge in [0.15, 0.2) is 0 Å². The Labute approximate surface area is 155 Å². The van der Waals surface area contributed by atoms with E-state index in [0.29, 0.717) is 18.0 Å². The zero-order valence-electron chi connectivity index (χ0n) is 15.6. The van der Waals surface area contributed by atoms with E-state index < -0.39 is 0 Å². The maximum atomic E-state index is 12.2. The second-order valence-electron chi connectivity index (χ2n) is 7.00. The maximum Gasteiger partial charge on any atom is 0.255 e. The highest BCUT2D eigenvalue weighted by Gasteiger charge is 2.24. The lowest BCUT2D eigenvalue weighted by Crippen LogP contribution is -2.26. The highest BCUT2D eigenvalue weighted by molar-refractivity contribution is 5.93. The van der Waals surface area contributed by atoms with E-state index in [1.165, 1.54) is 5.56 Å². The Bertz CT molecular complexity index is 728. The largest absolute Gasteiger partial charge is 0.392 e. The number of hydrogen-bond donors (Lipinski definition) is 1. The Morgan fingerprint density at radius 1 is 1.23 bits per heavy atom. The van der Waals surface area contributed by atoms with Crippen molar-refractivity contribution in [1.29, 1.82) is 0 Å². The number of amides is 1. The topological polar surface area (TPSA) is 56.7 Å². The van der Waals surface area contributed by atoms with Crippen LogP contribution in [0.3, 0.4) is 0 Å². The van der Waals surface area contributed by atoms with E-state index in [1.807, 2.05) is 31.2 Å². The standard InChI is InChI=1S/C21H27N3O2/c1-3-23(2)21(26)19-8-9-20(22-13-19)24-11-10-18(14-24)12-16-4-6-17(15-25)7-5-16/h4-9,13,18,25H,3,10-12,14-15H2,1-2H3/t18-/m1/s1. The highest BCUT2D eigenvalue weighted by Crippen LogP contribution is 2.25. The molecule has 5 heteroatoms. The predicted molar refractivity (Wildman–Crippen MR) is 103 cm³/mol. The monoisotopic (exact) mass is 353 g/mol. The first-order valence-corrected chi connectivity index (χ1v) is 9.25. The summed E-state index contributed by atoms with van der Waals surface area (Å²) >= 11 is 0. The predicted octanol–water partition coefficient (Wildman–Crippen LogP) is 2.73. The van der Waals surface area contributed by atoms with E-state index in [0.717, 1.165) is 37.3 Å². The van der Waals surface area contributed by atoms with Crippen LogP contribution < -0.4 is 4.90 Å². The van der Waals surface area contributed by atoms with Gasteiger partial charge in [0.05, 0.1) is 12.2 Å². The third kappa shape index (κ3) is 4.22. The van der Waals surface area contributed by atoms with Crippen LogP contribution in [0.5, 0.6) is 0 Å². The molecular formula is C21H27N3O2. The Hall–Kier alpha value is -2.40. The molecule has 0 spiro atoms. The molecule has 5 nitrogen and oxygen atoms in total. The molecule has 138 valence electrons. The number of aromatic nitrogens is 1. The van der Waals surface area contributed by atoms with E-state index in [1.54, 1.807) is 18.1 Å². The van der Waals surface area contributed by atoms with Crippen molar-refractivity contribution in [3.8, 4) is 0 Å². The summed E-state index contributed by atoms with van der Waals surface area (Å²) in [6, 6.07) is 12.0. The van der Waals surface area contributed by atoms with E-state index >= 15 is 0 Å². The van der Waals surface area contributed by atoms with Gasteiger partial charge in [0, 0.05) is 32.9 Å². The van der Waals surface area contributed by atoms with E-state index in [9.17, 15) is 4.79 Å². The maximum absolute atomic E-state index is 12.2. The first-order chi connectivity index (χ1) is 12.6. The summed E-state index contributed by atoms with van der Waals surface area (Å²) in [5.74, 6) is 1.56. The van der Waals surface area contributed by atoms with Crippen molar-refractivity contribution in [2.24, 2.45) is 5.92 Å². The SMILES string of the molecule is CCN(C)C(=O)c1ccc(N2CC[C@H](Cc3ccc(CO)cc3)C2)nc1. The van der Waals surface area contributed by atoms with Gasteiger partial charge in [-0.2, -0.15) is 0 Å². The summed E-state index contributed by atoms with van der Waals surface area (Å²) < 4.78 is 0. The van der Waals surface area contributed by atoms with Gasteiger partial charge in [0.2, 0.25) is 0 Å². The Morgan fingerprint density at radius 3 is 2.58 bits per heavy atom. The number of aliphatic hydroxyl groups excluding tert-OH is 1. The molecule has 2 aromatic rings. The fourth-order valence-electron chi connectivity index (χ4n) is 3.39. The Balaban J connectivity index is 1.58. The van der Waals surface area contributed by atoms with Crippen LogP contribution in [0.1, 0.15) is 34.8 Å². The zero-order chi connectivity index (χ0) is 18.5. The minimum atomic E-state index is 0.0113. The number of benzene rings is 1. The van der Waals surface area contributed by atoms with Gasteiger partial charge in [-0.1, -0.05) is 24.3 Å². The summed E-state index contributed by atoms with van der Waals surface area (Å²) in [7, 11) is 1.80. The number of hydrogen-bond acceptors (Lipinski definition) is 4. The van der Waals surface area contributed by atoms with Crippen LogP contribution >= 0.6 is 0 Å². The fourth-order valence-corrected chi connectivity index (χ4v) is 3.39. The normalized spacial score (nSPS) is 16.7. The molecule has 1 aromatic heterocycles. The van der Waals surface area contributed by atoms with Crippen molar-refractivity contribution in [2.45, 2.75) is 26.4 Å². The van der Waals surface area contributed by atoms with Crippen LogP contribution in [0.4, 0.5) is 5.82 Å². The van der Waals surface area contributed by atoms with E-state index in [2.05, 4.69) is 22.0 Å². The minimum absolute atomic E-state index is 0.0113. The van der Waals surface area contributed by atoms with Crippen LogP contribution in [0.15, 0.2) is 42.6 Å². The van der Waals surface area contributed by atoms with Crippen LogP contribution in [0, 0.1) is 5.92 Å². The number of aliphatic hydroxyl groups is 1. The highest BCUT2D eigenvalue weighted by atomic mass is 16.3. The molecule has 1 aliphatic rings. The molecule has 0 bridgehead atoms. The molecule has 1 aliphatic heterocycles. The number of carbonyl (C=O) groups excluding carboxylic acids is 1. The second kappa shape index (κ2) is 8.32. The molecule has 0 radical (unpaired) electrons. The lowest BCUT2D eigenvalue weighted by atomic mass is 9.98. The average molecular weight is 353 g/mol. The molecule has 1 aromatic carbocycles. The summed E-state index contributed by atoms with van der Waals surface area (Å²) in [6.45, 7) is 4.72. The van der Waals surface area contributed by atoms with Crippen molar-refractivity contribution in [1.82, 2.24) is 9.88 Å². The molecule has 2 heterocycles. The van der Waals surface area contributed by atoms with Crippen molar-refractivity contribution in [3.63, 3.8) is 0 Å². The number of anilines is 1. The van der Waals surface area contributed by atoms with Gasteiger partial charge >= 0.3 is 0 Å². The van der Waals surface area contributed by atoms with Crippen LogP contribution in [-0.4, -0.2) is 47.6 Å². The van der Waals surface area contributed by atoms with Gasteiger partial charge in [-0.25, -0.2) is 4.98 Å². The fraction of sp³-hybridized carbons (Fsp3) is 0.429. The van der Waals surface area contributed by atoms with E-state index in [4.69, 9.17) is 5.11 Å². The van der Waals surface area contributed by atoms with Gasteiger partial charge < -0.3 is 14.9 Å². The van der Waals surface area contributed by atoms with Crippen molar-refractivity contribution in [3.05, 3.63) is 59.3 Å². The average Bonchev–Trinajstić information content (AvgIpc) is 3.16. The molecule has 1 fully saturated rings. The molecule has 3 rings (SSSR count). The number of carbonyl (C=O) groups is 1. The summed E-state index contributed by atoms with van der Waals surface area (Å²) in [5.41, 5.74) is 2.90. The van der Waals surface area contributed by atoms with Gasteiger partial charge in [-0.3, -0.25) is 4.79 Å². The first-order valence-electron chi connectivity index (χ1n) is 9.25. The summed E-state index contributed by atoms with van der Waals surface area (Å²) in [4.78, 5) is 20.7. The summed E-state index contributed by atoms with van der Waals surface area (Å²) in [5, 5.41) is 9.13. The Morgan fingerprint density at radius 2 is 1.96 bits per heavy atom. The van der Waals surface area contributed by atoms with Crippen LogP contribution in [0.25, 0.3) is 0 Å². The third-order valence-corrected chi connectivity index (χ3v) is 5.16. The van der Waals surface area contributed by atoms with Crippen molar-refractivity contribution >= 4 is 11.7 Å². The number of nitrogens with zero attached hydrogens (tertiary/aromatic N) is 3. The molecule has 1 atom stereocenters. The first kappa shape index (κ1) is 18.4. The molecular weight excluding hydrogens is 326 g/mol. The third-order valence-electron chi connectivity index (χ3n) is 5.16. The van der Waals surface area contributed by atoms with Crippen molar-refractivity contribution in [2.75, 3.05) is 31.6 Å². The zero-order valence-corrected chi connectivity index (χ0v) is 15.6. The molecule has 1 N–H and O–H groups in total. The number of rotatable bonds is 6. The molecule has 0 saturated carbocycles. The number of pyridine rings is 1. The van der Waals surface area contributed by atoms with Gasteiger partial charge in [-0.15, -0.1) is 0 Å². The van der Waals surface area contributed by atoms with Crippen LogP contribution in [-0.2, 0) is 13.0 Å². The quantitative estimate of drug-likeness (QED) is 0.868. The second-order valence-corrected chi connectivity index (χ2v) is 7.00. The minimum Gasteiger partial charge on any atom is -0.392 e. The van der Waals surface area contributed by atoms with Gasteiger partial charge in [-0.05, 0) is 48.9 Å². The van der Waals surface area contributed by atoms with E-state index in [-0.39, 0.29) is 12.5 Å². The molecule has 0 unspecified atom stereocenters. The molecule has 1 amide bonds. The lowest BCUT2D eigenvalue weighted by Gasteiger charge is -2.19. The molecule has 26 heavy (non-hydrogen) atoms. The smallest absolute Gasteiger partial charge is 0.255 e. The summed E-state index contributed by atoms with van der Waals surface area (Å²) in [6.07, 6.45) is 3.87. The molecule has 0 aliphatic carbocycles. The van der Waals surface area contributed by atoms with Crippen molar-refractivity contribution < 1.29 is 9.90 Å². The van der Waals surface area contributed by atoms with Gasteiger partial charge in [0.1, 0.15) is 5.82 Å². The lowest BCUT2D eigenvalue weighted by molar-refractivity contribution is 0.0802. The Kier molecular flexibility index (Phi) is 5.89. The van der Waals surface area contributed by atoms with Gasteiger partial charge in [0.25, 0.3) is 5.91 Å². The van der Waals surface area contributed by atoms with Crippen LogP contribution in [0.2, 0.25) is 0 Å².